The Balaban J connectivity index is 1.68. The van der Waals surface area contributed by atoms with Gasteiger partial charge in [-0.1, -0.05) is 0 Å². The third kappa shape index (κ3) is 1.59. The van der Waals surface area contributed by atoms with Crippen molar-refractivity contribution in [1.82, 2.24) is 24.7 Å². The molecule has 110 valence electrons. The first-order valence-electron chi connectivity index (χ1n) is 7.98. The van der Waals surface area contributed by atoms with Gasteiger partial charge in [0.05, 0.1) is 0 Å². The summed E-state index contributed by atoms with van der Waals surface area (Å²) in [6.45, 7) is 4.37. The van der Waals surface area contributed by atoms with E-state index in [-0.39, 0.29) is 0 Å². The zero-order valence-electron chi connectivity index (χ0n) is 12.4. The molecular formula is C15H20N6. The lowest BCUT2D eigenvalue weighted by Crippen LogP contribution is -2.45. The van der Waals surface area contributed by atoms with E-state index in [9.17, 15) is 0 Å². The van der Waals surface area contributed by atoms with Crippen molar-refractivity contribution in [2.45, 2.75) is 31.1 Å². The lowest BCUT2D eigenvalue weighted by Gasteiger charge is -2.35. The Morgan fingerprint density at radius 3 is 2.62 bits per heavy atom. The highest BCUT2D eigenvalue weighted by Gasteiger charge is 2.42. The van der Waals surface area contributed by atoms with E-state index in [0.717, 1.165) is 31.8 Å². The quantitative estimate of drug-likeness (QED) is 0.788. The molecule has 2 aliphatic carbocycles. The standard InChI is InChI=1S/C15H20N6/c1-19-4-6-20(7-5-19)15-13-11-3-2-10(8-11)12(13)14-17-16-9-21(14)18-15/h9-11H,2-8H2,1H3. The monoisotopic (exact) mass is 284 g/mol. The molecule has 0 radical (unpaired) electrons. The summed E-state index contributed by atoms with van der Waals surface area (Å²) in [7, 11) is 2.19. The summed E-state index contributed by atoms with van der Waals surface area (Å²) in [4.78, 5) is 4.86. The molecule has 2 bridgehead atoms. The van der Waals surface area contributed by atoms with E-state index in [2.05, 4.69) is 27.0 Å². The fraction of sp³-hybridized carbons (Fsp3) is 0.667. The summed E-state index contributed by atoms with van der Waals surface area (Å²) >= 11 is 0. The van der Waals surface area contributed by atoms with Gasteiger partial charge in [-0.2, -0.15) is 4.52 Å². The average molecular weight is 284 g/mol. The van der Waals surface area contributed by atoms with Gasteiger partial charge in [0, 0.05) is 37.3 Å². The van der Waals surface area contributed by atoms with Crippen LogP contribution in [0.1, 0.15) is 42.2 Å². The molecule has 2 aromatic rings. The number of nitrogens with zero attached hydrogens (tertiary/aromatic N) is 6. The van der Waals surface area contributed by atoms with Crippen LogP contribution in [0.4, 0.5) is 5.82 Å². The normalized spacial score (nSPS) is 28.5. The van der Waals surface area contributed by atoms with E-state index in [0.29, 0.717) is 11.8 Å². The molecule has 1 saturated carbocycles. The Labute approximate surface area is 123 Å². The van der Waals surface area contributed by atoms with Gasteiger partial charge in [0.25, 0.3) is 0 Å². The van der Waals surface area contributed by atoms with Gasteiger partial charge in [-0.3, -0.25) is 0 Å². The van der Waals surface area contributed by atoms with Crippen LogP contribution in [-0.4, -0.2) is 57.9 Å². The smallest absolute Gasteiger partial charge is 0.181 e. The van der Waals surface area contributed by atoms with Crippen LogP contribution in [0, 0.1) is 0 Å². The highest BCUT2D eigenvalue weighted by atomic mass is 15.4. The van der Waals surface area contributed by atoms with Gasteiger partial charge in [-0.05, 0) is 38.1 Å². The Kier molecular flexibility index (Phi) is 2.36. The van der Waals surface area contributed by atoms with E-state index in [1.165, 1.54) is 36.2 Å². The zero-order valence-corrected chi connectivity index (χ0v) is 12.4. The molecule has 2 fully saturated rings. The summed E-state index contributed by atoms with van der Waals surface area (Å²) in [5.74, 6) is 2.59. The van der Waals surface area contributed by atoms with Gasteiger partial charge >= 0.3 is 0 Å². The second kappa shape index (κ2) is 4.16. The van der Waals surface area contributed by atoms with Crippen molar-refractivity contribution in [3.05, 3.63) is 17.5 Å². The number of anilines is 1. The topological polar surface area (TPSA) is 49.6 Å². The number of piperazine rings is 1. The van der Waals surface area contributed by atoms with Crippen molar-refractivity contribution >= 4 is 11.5 Å². The number of likely N-dealkylation sites (N-methyl/N-ethyl adjacent to an activating group) is 1. The zero-order chi connectivity index (χ0) is 14.0. The van der Waals surface area contributed by atoms with E-state index in [1.807, 2.05) is 4.52 Å². The van der Waals surface area contributed by atoms with Gasteiger partial charge in [0.15, 0.2) is 11.5 Å². The fourth-order valence-electron chi connectivity index (χ4n) is 4.44. The van der Waals surface area contributed by atoms with E-state index < -0.39 is 0 Å². The first-order valence-corrected chi connectivity index (χ1v) is 7.98. The van der Waals surface area contributed by atoms with E-state index in [4.69, 9.17) is 5.10 Å². The molecule has 3 aliphatic rings. The van der Waals surface area contributed by atoms with Crippen LogP contribution in [-0.2, 0) is 0 Å². The maximum atomic E-state index is 4.87. The summed E-state index contributed by atoms with van der Waals surface area (Å²) in [5.41, 5.74) is 3.94. The van der Waals surface area contributed by atoms with Gasteiger partial charge in [-0.25, -0.2) is 0 Å². The second-order valence-electron chi connectivity index (χ2n) is 6.75. The van der Waals surface area contributed by atoms with Crippen molar-refractivity contribution in [3.63, 3.8) is 0 Å². The molecular weight excluding hydrogens is 264 g/mol. The summed E-state index contributed by atoms with van der Waals surface area (Å²) in [6.07, 6.45) is 5.68. The minimum atomic E-state index is 0.686. The molecule has 3 heterocycles. The Morgan fingerprint density at radius 2 is 1.81 bits per heavy atom. The van der Waals surface area contributed by atoms with E-state index >= 15 is 0 Å². The molecule has 2 atom stereocenters. The van der Waals surface area contributed by atoms with Crippen LogP contribution >= 0.6 is 0 Å². The van der Waals surface area contributed by atoms with Crippen molar-refractivity contribution in [2.75, 3.05) is 38.1 Å². The third-order valence-electron chi connectivity index (χ3n) is 5.56. The predicted octanol–water partition coefficient (Wildman–Crippen LogP) is 1.24. The SMILES string of the molecule is CN1CCN(c2nn3cnnc3c3c2C2CCC3C2)CC1. The number of fused-ring (bicyclic) bond motifs is 7. The Bertz CT molecular complexity index is 699. The molecule has 6 nitrogen and oxygen atoms in total. The average Bonchev–Trinajstić information content (AvgIpc) is 3.22. The van der Waals surface area contributed by atoms with Gasteiger partial charge in [0.2, 0.25) is 0 Å². The third-order valence-corrected chi connectivity index (χ3v) is 5.56. The summed E-state index contributed by atoms with van der Waals surface area (Å²) in [5, 5.41) is 13.3. The van der Waals surface area contributed by atoms with Crippen molar-refractivity contribution in [1.29, 1.82) is 0 Å². The Morgan fingerprint density at radius 1 is 1.05 bits per heavy atom. The molecule has 0 aromatic carbocycles. The molecule has 0 amide bonds. The minimum absolute atomic E-state index is 0.686. The predicted molar refractivity (Wildman–Crippen MR) is 79.8 cm³/mol. The molecule has 2 unspecified atom stereocenters. The molecule has 1 saturated heterocycles. The maximum Gasteiger partial charge on any atom is 0.181 e. The second-order valence-corrected chi connectivity index (χ2v) is 6.75. The molecule has 2 aromatic heterocycles. The Hall–Kier alpha value is -1.69. The molecule has 0 N–H and O–H groups in total. The fourth-order valence-corrected chi connectivity index (χ4v) is 4.44. The number of hydrogen-bond acceptors (Lipinski definition) is 5. The summed E-state index contributed by atoms with van der Waals surface area (Å²) in [6, 6.07) is 0. The van der Waals surface area contributed by atoms with Crippen molar-refractivity contribution in [2.24, 2.45) is 0 Å². The van der Waals surface area contributed by atoms with Gasteiger partial charge < -0.3 is 9.80 Å². The van der Waals surface area contributed by atoms with Gasteiger partial charge in [-0.15, -0.1) is 15.3 Å². The largest absolute Gasteiger partial charge is 0.352 e. The van der Waals surface area contributed by atoms with Crippen LogP contribution in [0.2, 0.25) is 0 Å². The van der Waals surface area contributed by atoms with Crippen LogP contribution in [0.25, 0.3) is 5.65 Å². The highest BCUT2D eigenvalue weighted by molar-refractivity contribution is 5.66. The van der Waals surface area contributed by atoms with Crippen LogP contribution in [0.15, 0.2) is 6.33 Å². The lowest BCUT2D eigenvalue weighted by molar-refractivity contribution is 0.311. The van der Waals surface area contributed by atoms with Gasteiger partial charge in [0.1, 0.15) is 6.33 Å². The van der Waals surface area contributed by atoms with Crippen molar-refractivity contribution in [3.8, 4) is 0 Å². The van der Waals surface area contributed by atoms with Crippen LogP contribution < -0.4 is 4.90 Å². The summed E-state index contributed by atoms with van der Waals surface area (Å²) < 4.78 is 1.90. The molecule has 6 heteroatoms. The van der Waals surface area contributed by atoms with Crippen LogP contribution in [0.3, 0.4) is 0 Å². The number of rotatable bonds is 1. The first-order chi connectivity index (χ1) is 10.3. The van der Waals surface area contributed by atoms with E-state index in [1.54, 1.807) is 6.33 Å². The lowest BCUT2D eigenvalue weighted by atomic mass is 9.92. The highest BCUT2D eigenvalue weighted by Crippen LogP contribution is 2.56. The number of hydrogen-bond donors (Lipinski definition) is 0. The molecule has 21 heavy (non-hydrogen) atoms. The minimum Gasteiger partial charge on any atom is -0.352 e. The molecule has 5 rings (SSSR count). The molecule has 0 spiro atoms. The number of aromatic nitrogens is 4. The molecule has 1 aliphatic heterocycles. The first kappa shape index (κ1) is 11.9. The van der Waals surface area contributed by atoms with Crippen LogP contribution in [0.5, 0.6) is 0 Å². The maximum absolute atomic E-state index is 4.87. The van der Waals surface area contributed by atoms with Crippen molar-refractivity contribution < 1.29 is 0 Å².